The third-order valence-electron chi connectivity index (χ3n) is 3.16. The van der Waals surface area contributed by atoms with Crippen molar-refractivity contribution in [3.05, 3.63) is 40.3 Å². The number of sulfone groups is 1. The SMILES string of the molecule is Cc1cc2c(c(S(=O)(=O)c3ccc(C)s3)c1)OCC2. The molecule has 0 fully saturated rings. The quantitative estimate of drug-likeness (QED) is 0.854. The second-order valence-corrected chi connectivity index (χ2v) is 8.15. The molecule has 5 heteroatoms. The number of rotatable bonds is 2. The van der Waals surface area contributed by atoms with E-state index in [1.165, 1.54) is 11.3 Å². The fourth-order valence-electron chi connectivity index (χ4n) is 2.29. The van der Waals surface area contributed by atoms with Crippen LogP contribution in [0.1, 0.15) is 16.0 Å². The molecule has 3 rings (SSSR count). The van der Waals surface area contributed by atoms with Crippen LogP contribution in [0.2, 0.25) is 0 Å². The van der Waals surface area contributed by atoms with Crippen molar-refractivity contribution in [3.8, 4) is 5.75 Å². The number of benzene rings is 1. The fraction of sp³-hybridized carbons (Fsp3) is 0.286. The third kappa shape index (κ3) is 2.07. The van der Waals surface area contributed by atoms with Gasteiger partial charge in [-0.3, -0.25) is 0 Å². The summed E-state index contributed by atoms with van der Waals surface area (Å²) in [5.74, 6) is 0.539. The van der Waals surface area contributed by atoms with Crippen molar-refractivity contribution in [2.24, 2.45) is 0 Å². The van der Waals surface area contributed by atoms with Gasteiger partial charge in [-0.05, 0) is 43.2 Å². The van der Waals surface area contributed by atoms with E-state index in [9.17, 15) is 8.42 Å². The minimum absolute atomic E-state index is 0.307. The summed E-state index contributed by atoms with van der Waals surface area (Å²) in [5, 5.41) is 0. The molecule has 2 aromatic rings. The first-order chi connectivity index (χ1) is 8.98. The Morgan fingerprint density at radius 3 is 2.68 bits per heavy atom. The van der Waals surface area contributed by atoms with Gasteiger partial charge in [0.2, 0.25) is 9.84 Å². The van der Waals surface area contributed by atoms with Gasteiger partial charge in [0.15, 0.2) is 0 Å². The minimum atomic E-state index is -3.47. The van der Waals surface area contributed by atoms with E-state index < -0.39 is 9.84 Å². The predicted octanol–water partition coefficient (Wildman–Crippen LogP) is 3.13. The van der Waals surface area contributed by atoms with Crippen LogP contribution in [0, 0.1) is 13.8 Å². The summed E-state index contributed by atoms with van der Waals surface area (Å²) in [4.78, 5) is 1.30. The zero-order valence-corrected chi connectivity index (χ0v) is 12.4. The summed E-state index contributed by atoms with van der Waals surface area (Å²) in [5.41, 5.74) is 1.95. The molecular formula is C14H14O3S2. The summed E-state index contributed by atoms with van der Waals surface area (Å²) in [6, 6.07) is 7.20. The number of ether oxygens (including phenoxy) is 1. The van der Waals surface area contributed by atoms with Crippen molar-refractivity contribution < 1.29 is 13.2 Å². The van der Waals surface area contributed by atoms with E-state index in [2.05, 4.69) is 0 Å². The van der Waals surface area contributed by atoms with E-state index in [1.807, 2.05) is 26.0 Å². The van der Waals surface area contributed by atoms with E-state index in [1.54, 1.807) is 12.1 Å². The molecule has 0 radical (unpaired) electrons. The molecule has 0 bridgehead atoms. The van der Waals surface area contributed by atoms with Crippen LogP contribution in [0.3, 0.4) is 0 Å². The molecule has 1 aliphatic rings. The first-order valence-corrected chi connectivity index (χ1v) is 8.36. The average Bonchev–Trinajstić information content (AvgIpc) is 2.96. The standard InChI is InChI=1S/C14H14O3S2/c1-9-7-11-5-6-17-14(11)12(8-9)19(15,16)13-4-3-10(2)18-13/h3-4,7-8H,5-6H2,1-2H3. The van der Waals surface area contributed by atoms with Crippen molar-refractivity contribution in [1.82, 2.24) is 0 Å². The molecule has 1 aromatic carbocycles. The highest BCUT2D eigenvalue weighted by molar-refractivity contribution is 7.93. The number of fused-ring (bicyclic) bond motifs is 1. The number of hydrogen-bond donors (Lipinski definition) is 0. The molecule has 1 aliphatic heterocycles. The van der Waals surface area contributed by atoms with E-state index in [-0.39, 0.29) is 0 Å². The van der Waals surface area contributed by atoms with E-state index in [4.69, 9.17) is 4.74 Å². The van der Waals surface area contributed by atoms with Gasteiger partial charge in [0.05, 0.1) is 6.61 Å². The number of aryl methyl sites for hydroxylation is 2. The summed E-state index contributed by atoms with van der Waals surface area (Å²) in [7, 11) is -3.47. The van der Waals surface area contributed by atoms with Crippen LogP contribution in [-0.2, 0) is 16.3 Å². The maximum absolute atomic E-state index is 12.7. The molecule has 0 saturated heterocycles. The Balaban J connectivity index is 2.22. The maximum atomic E-state index is 12.7. The molecule has 0 N–H and O–H groups in total. The van der Waals surface area contributed by atoms with Gasteiger partial charge >= 0.3 is 0 Å². The largest absolute Gasteiger partial charge is 0.492 e. The molecular weight excluding hydrogens is 280 g/mol. The lowest BCUT2D eigenvalue weighted by atomic mass is 10.1. The second-order valence-electron chi connectivity index (χ2n) is 4.72. The topological polar surface area (TPSA) is 43.4 Å². The minimum Gasteiger partial charge on any atom is -0.492 e. The highest BCUT2D eigenvalue weighted by Crippen LogP contribution is 2.38. The molecule has 2 heterocycles. The Hall–Kier alpha value is -1.33. The number of thiophene rings is 1. The molecule has 0 unspecified atom stereocenters. The summed E-state index contributed by atoms with van der Waals surface area (Å²) >= 11 is 1.30. The Morgan fingerprint density at radius 1 is 1.21 bits per heavy atom. The average molecular weight is 294 g/mol. The second kappa shape index (κ2) is 4.35. The van der Waals surface area contributed by atoms with Crippen LogP contribution in [0.15, 0.2) is 33.4 Å². The van der Waals surface area contributed by atoms with Gasteiger partial charge in [-0.15, -0.1) is 11.3 Å². The molecule has 0 atom stereocenters. The first kappa shape index (κ1) is 12.7. The Labute approximate surface area is 116 Å². The van der Waals surface area contributed by atoms with Gasteiger partial charge < -0.3 is 4.74 Å². The van der Waals surface area contributed by atoms with Gasteiger partial charge in [0.25, 0.3) is 0 Å². The molecule has 19 heavy (non-hydrogen) atoms. The molecule has 0 aliphatic carbocycles. The van der Waals surface area contributed by atoms with Crippen molar-refractivity contribution in [2.45, 2.75) is 29.4 Å². The first-order valence-electron chi connectivity index (χ1n) is 6.06. The highest BCUT2D eigenvalue weighted by Gasteiger charge is 2.28. The highest BCUT2D eigenvalue weighted by atomic mass is 32.2. The van der Waals surface area contributed by atoms with Crippen LogP contribution in [0.5, 0.6) is 5.75 Å². The van der Waals surface area contributed by atoms with Crippen molar-refractivity contribution in [3.63, 3.8) is 0 Å². The van der Waals surface area contributed by atoms with Crippen LogP contribution >= 0.6 is 11.3 Å². The zero-order chi connectivity index (χ0) is 13.6. The fourth-order valence-corrected chi connectivity index (χ4v) is 5.22. The lowest BCUT2D eigenvalue weighted by Crippen LogP contribution is -2.03. The Kier molecular flexibility index (Phi) is 2.91. The molecule has 0 spiro atoms. The Morgan fingerprint density at radius 2 is 2.00 bits per heavy atom. The van der Waals surface area contributed by atoms with E-state index in [0.29, 0.717) is 21.5 Å². The van der Waals surface area contributed by atoms with Gasteiger partial charge in [0, 0.05) is 11.3 Å². The van der Waals surface area contributed by atoms with Crippen LogP contribution < -0.4 is 4.74 Å². The molecule has 0 amide bonds. The maximum Gasteiger partial charge on any atom is 0.219 e. The zero-order valence-electron chi connectivity index (χ0n) is 10.8. The normalized spacial score (nSPS) is 14.2. The van der Waals surface area contributed by atoms with E-state index >= 15 is 0 Å². The van der Waals surface area contributed by atoms with Crippen LogP contribution in [-0.4, -0.2) is 15.0 Å². The molecule has 1 aromatic heterocycles. The number of hydrogen-bond acceptors (Lipinski definition) is 4. The van der Waals surface area contributed by atoms with Crippen molar-refractivity contribution in [2.75, 3.05) is 6.61 Å². The monoisotopic (exact) mass is 294 g/mol. The molecule has 3 nitrogen and oxygen atoms in total. The molecule has 0 saturated carbocycles. The van der Waals surface area contributed by atoms with Crippen LogP contribution in [0.25, 0.3) is 0 Å². The lowest BCUT2D eigenvalue weighted by molar-refractivity contribution is 0.348. The van der Waals surface area contributed by atoms with Gasteiger partial charge in [0.1, 0.15) is 14.9 Å². The summed E-state index contributed by atoms with van der Waals surface area (Å²) < 4.78 is 31.3. The van der Waals surface area contributed by atoms with Crippen molar-refractivity contribution >= 4 is 21.2 Å². The van der Waals surface area contributed by atoms with Gasteiger partial charge in [-0.1, -0.05) is 6.07 Å². The predicted molar refractivity (Wildman–Crippen MR) is 74.9 cm³/mol. The lowest BCUT2D eigenvalue weighted by Gasteiger charge is -2.09. The van der Waals surface area contributed by atoms with E-state index in [0.717, 1.165) is 22.4 Å². The van der Waals surface area contributed by atoms with Gasteiger partial charge in [-0.25, -0.2) is 8.42 Å². The summed E-state index contributed by atoms with van der Waals surface area (Å²) in [6.45, 7) is 4.38. The molecule has 100 valence electrons. The van der Waals surface area contributed by atoms with Crippen molar-refractivity contribution in [1.29, 1.82) is 0 Å². The van der Waals surface area contributed by atoms with Gasteiger partial charge in [-0.2, -0.15) is 0 Å². The summed E-state index contributed by atoms with van der Waals surface area (Å²) in [6.07, 6.45) is 0.781. The third-order valence-corrected chi connectivity index (χ3v) is 6.42. The Bertz CT molecular complexity index is 742. The smallest absolute Gasteiger partial charge is 0.219 e. The van der Waals surface area contributed by atoms with Crippen LogP contribution in [0.4, 0.5) is 0 Å².